The molecular weight excluding hydrogens is 258 g/mol. The number of hydrogen-bond acceptors (Lipinski definition) is 5. The van der Waals surface area contributed by atoms with E-state index in [4.69, 9.17) is 14.7 Å². The molecule has 2 N–H and O–H groups in total. The Balaban J connectivity index is 2.67. The zero-order valence-corrected chi connectivity index (χ0v) is 12.5. The molecular formula is C15H25NO4. The molecule has 1 rings (SSSR count). The zero-order valence-electron chi connectivity index (χ0n) is 12.5. The second-order valence-corrected chi connectivity index (χ2v) is 5.02. The molecule has 0 spiro atoms. The van der Waals surface area contributed by atoms with Gasteiger partial charge in [-0.2, -0.15) is 5.48 Å². The Labute approximate surface area is 120 Å². The molecule has 1 heterocycles. The van der Waals surface area contributed by atoms with Crippen LogP contribution in [0, 0.1) is 5.92 Å². The van der Waals surface area contributed by atoms with Crippen molar-refractivity contribution in [2.45, 2.75) is 39.7 Å². The lowest BCUT2D eigenvalue weighted by molar-refractivity contribution is -0.147. The first kappa shape index (κ1) is 16.9. The summed E-state index contributed by atoms with van der Waals surface area (Å²) in [5.41, 5.74) is 3.99. The predicted octanol–water partition coefficient (Wildman–Crippen LogP) is 2.22. The third-order valence-electron chi connectivity index (χ3n) is 3.58. The van der Waals surface area contributed by atoms with Crippen LogP contribution in [0.25, 0.3) is 0 Å². The standard InChI is InChI=1S/C15H25NO4/c1-4-20-15(17)14(16-18)12(3)6-5-11(2)13-7-9-19-10-8-13/h5-6,13-14,16,18H,4,7-10H2,1-3H3. The van der Waals surface area contributed by atoms with Crippen molar-refractivity contribution in [3.63, 3.8) is 0 Å². The summed E-state index contributed by atoms with van der Waals surface area (Å²) in [7, 11) is 0. The quantitative estimate of drug-likeness (QED) is 0.444. The minimum Gasteiger partial charge on any atom is -0.465 e. The maximum Gasteiger partial charge on any atom is 0.329 e. The summed E-state index contributed by atoms with van der Waals surface area (Å²) in [4.78, 5) is 11.6. The zero-order chi connectivity index (χ0) is 15.0. The van der Waals surface area contributed by atoms with Gasteiger partial charge in [-0.1, -0.05) is 17.7 Å². The number of allylic oxidation sites excluding steroid dienone is 3. The molecule has 0 radical (unpaired) electrons. The number of carbonyl (C=O) groups excluding carboxylic acids is 1. The largest absolute Gasteiger partial charge is 0.465 e. The lowest BCUT2D eigenvalue weighted by atomic mass is 9.92. The second kappa shape index (κ2) is 8.89. The number of hydrogen-bond donors (Lipinski definition) is 2. The highest BCUT2D eigenvalue weighted by molar-refractivity contribution is 5.79. The van der Waals surface area contributed by atoms with Gasteiger partial charge in [-0.25, -0.2) is 4.79 Å². The van der Waals surface area contributed by atoms with Gasteiger partial charge in [0.15, 0.2) is 6.04 Å². The third-order valence-corrected chi connectivity index (χ3v) is 3.58. The van der Waals surface area contributed by atoms with Crippen LogP contribution in [-0.2, 0) is 14.3 Å². The molecule has 0 amide bonds. The fourth-order valence-corrected chi connectivity index (χ4v) is 2.21. The van der Waals surface area contributed by atoms with Crippen LogP contribution in [0.1, 0.15) is 33.6 Å². The lowest BCUT2D eigenvalue weighted by Crippen LogP contribution is -2.37. The summed E-state index contributed by atoms with van der Waals surface area (Å²) in [5.74, 6) is 0.0665. The fraction of sp³-hybridized carbons (Fsp3) is 0.667. The van der Waals surface area contributed by atoms with Gasteiger partial charge >= 0.3 is 5.97 Å². The van der Waals surface area contributed by atoms with Crippen LogP contribution < -0.4 is 5.48 Å². The molecule has 1 fully saturated rings. The van der Waals surface area contributed by atoms with E-state index in [2.05, 4.69) is 6.92 Å². The molecule has 1 unspecified atom stereocenters. The molecule has 5 nitrogen and oxygen atoms in total. The van der Waals surface area contributed by atoms with Gasteiger partial charge in [-0.15, -0.1) is 0 Å². The predicted molar refractivity (Wildman–Crippen MR) is 76.4 cm³/mol. The Morgan fingerprint density at radius 1 is 1.40 bits per heavy atom. The SMILES string of the molecule is CCOC(=O)C(NO)C(C)=CC=C(C)C1CCOCC1. The van der Waals surface area contributed by atoms with Gasteiger partial charge in [0.2, 0.25) is 0 Å². The van der Waals surface area contributed by atoms with Gasteiger partial charge in [-0.3, -0.25) is 0 Å². The normalized spacial score (nSPS) is 19.8. The third kappa shape index (κ3) is 5.07. The molecule has 20 heavy (non-hydrogen) atoms. The van der Waals surface area contributed by atoms with Crippen molar-refractivity contribution in [3.8, 4) is 0 Å². The Hall–Kier alpha value is -1.17. The molecule has 0 saturated carbocycles. The van der Waals surface area contributed by atoms with E-state index in [0.717, 1.165) is 31.6 Å². The first-order valence-electron chi connectivity index (χ1n) is 7.09. The molecule has 0 bridgehead atoms. The van der Waals surface area contributed by atoms with Crippen molar-refractivity contribution in [3.05, 3.63) is 23.3 Å². The molecule has 5 heteroatoms. The molecule has 0 aromatic rings. The Morgan fingerprint density at radius 3 is 2.60 bits per heavy atom. The smallest absolute Gasteiger partial charge is 0.329 e. The maximum atomic E-state index is 11.6. The first-order valence-corrected chi connectivity index (χ1v) is 7.09. The molecule has 1 saturated heterocycles. The highest BCUT2D eigenvalue weighted by Gasteiger charge is 2.20. The van der Waals surface area contributed by atoms with E-state index in [1.54, 1.807) is 13.8 Å². The molecule has 0 aromatic heterocycles. The molecule has 114 valence electrons. The Morgan fingerprint density at radius 2 is 2.05 bits per heavy atom. The van der Waals surface area contributed by atoms with Gasteiger partial charge in [0, 0.05) is 13.2 Å². The number of carbonyl (C=O) groups is 1. The average molecular weight is 283 g/mol. The van der Waals surface area contributed by atoms with Crippen molar-refractivity contribution in [1.82, 2.24) is 5.48 Å². The minimum absolute atomic E-state index is 0.293. The van der Waals surface area contributed by atoms with Crippen LogP contribution in [-0.4, -0.2) is 37.0 Å². The van der Waals surface area contributed by atoms with Crippen LogP contribution in [0.5, 0.6) is 0 Å². The summed E-state index contributed by atoms with van der Waals surface area (Å²) in [6.45, 7) is 7.52. The van der Waals surface area contributed by atoms with Crippen molar-refractivity contribution in [1.29, 1.82) is 0 Å². The van der Waals surface area contributed by atoms with Crippen LogP contribution in [0.15, 0.2) is 23.3 Å². The number of hydroxylamine groups is 1. The highest BCUT2D eigenvalue weighted by atomic mass is 16.5. The first-order chi connectivity index (χ1) is 9.60. The van der Waals surface area contributed by atoms with Crippen molar-refractivity contribution < 1.29 is 19.5 Å². The van der Waals surface area contributed by atoms with E-state index in [0.29, 0.717) is 12.5 Å². The highest BCUT2D eigenvalue weighted by Crippen LogP contribution is 2.23. The fourth-order valence-electron chi connectivity index (χ4n) is 2.21. The topological polar surface area (TPSA) is 67.8 Å². The van der Waals surface area contributed by atoms with Gasteiger partial charge in [0.05, 0.1) is 6.61 Å². The lowest BCUT2D eigenvalue weighted by Gasteiger charge is -2.22. The molecule has 1 aliphatic heterocycles. The van der Waals surface area contributed by atoms with Gasteiger partial charge in [0.25, 0.3) is 0 Å². The van der Waals surface area contributed by atoms with E-state index in [-0.39, 0.29) is 0 Å². The average Bonchev–Trinajstić information content (AvgIpc) is 2.46. The number of nitrogens with one attached hydrogen (secondary N) is 1. The van der Waals surface area contributed by atoms with Gasteiger partial charge < -0.3 is 14.7 Å². The minimum atomic E-state index is -0.811. The Kier molecular flexibility index (Phi) is 7.51. The summed E-state index contributed by atoms with van der Waals surface area (Å²) in [5, 5.41) is 9.08. The van der Waals surface area contributed by atoms with E-state index < -0.39 is 12.0 Å². The molecule has 1 aliphatic rings. The Bertz CT molecular complexity index is 370. The summed E-state index contributed by atoms with van der Waals surface area (Å²) in [6.07, 6.45) is 5.94. The number of esters is 1. The number of rotatable bonds is 6. The van der Waals surface area contributed by atoms with Crippen LogP contribution in [0.2, 0.25) is 0 Å². The van der Waals surface area contributed by atoms with Gasteiger partial charge in [-0.05, 0) is 45.1 Å². The maximum absolute atomic E-state index is 11.6. The van der Waals surface area contributed by atoms with E-state index in [9.17, 15) is 4.79 Å². The molecule has 0 aliphatic carbocycles. The van der Waals surface area contributed by atoms with Gasteiger partial charge in [0.1, 0.15) is 0 Å². The van der Waals surface area contributed by atoms with Crippen LogP contribution in [0.4, 0.5) is 0 Å². The van der Waals surface area contributed by atoms with E-state index in [1.807, 2.05) is 17.6 Å². The summed E-state index contributed by atoms with van der Waals surface area (Å²) >= 11 is 0. The number of ether oxygens (including phenoxy) is 2. The molecule has 1 atom stereocenters. The van der Waals surface area contributed by atoms with Crippen molar-refractivity contribution >= 4 is 5.97 Å². The molecule has 0 aromatic carbocycles. The van der Waals surface area contributed by atoms with E-state index in [1.165, 1.54) is 5.57 Å². The monoisotopic (exact) mass is 283 g/mol. The van der Waals surface area contributed by atoms with Crippen molar-refractivity contribution in [2.75, 3.05) is 19.8 Å². The second-order valence-electron chi connectivity index (χ2n) is 5.02. The van der Waals surface area contributed by atoms with Crippen molar-refractivity contribution in [2.24, 2.45) is 5.92 Å². The van der Waals surface area contributed by atoms with Crippen LogP contribution in [0.3, 0.4) is 0 Å². The van der Waals surface area contributed by atoms with Crippen LogP contribution >= 0.6 is 0 Å². The summed E-state index contributed by atoms with van der Waals surface area (Å²) < 4.78 is 10.2. The van der Waals surface area contributed by atoms with E-state index >= 15 is 0 Å². The summed E-state index contributed by atoms with van der Waals surface area (Å²) in [6, 6.07) is -0.811.